The molecule has 2 rings (SSSR count). The molecule has 5 heteroatoms. The fourth-order valence-corrected chi connectivity index (χ4v) is 2.05. The predicted molar refractivity (Wildman–Crippen MR) is 77.4 cm³/mol. The molecule has 0 aliphatic heterocycles. The van der Waals surface area contributed by atoms with Crippen molar-refractivity contribution in [2.75, 3.05) is 6.54 Å². The van der Waals surface area contributed by atoms with Gasteiger partial charge in [0, 0.05) is 12.1 Å². The number of benzene rings is 1. The van der Waals surface area contributed by atoms with E-state index in [9.17, 15) is 8.78 Å². The third-order valence-corrected chi connectivity index (χ3v) is 3.10. The van der Waals surface area contributed by atoms with Crippen LogP contribution in [0, 0.1) is 11.6 Å². The normalized spacial score (nSPS) is 12.2. The lowest BCUT2D eigenvalue weighted by atomic mass is 10.1. The number of hydrogen-bond acceptors (Lipinski definition) is 3. The Labute approximate surface area is 123 Å². The van der Waals surface area contributed by atoms with Crippen LogP contribution in [0.3, 0.4) is 0 Å². The molecule has 1 N–H and O–H groups in total. The van der Waals surface area contributed by atoms with Gasteiger partial charge in [0.15, 0.2) is 11.6 Å². The Morgan fingerprint density at radius 2 is 2.00 bits per heavy atom. The molecule has 21 heavy (non-hydrogen) atoms. The number of nitrogens with one attached hydrogen (secondary N) is 1. The van der Waals surface area contributed by atoms with Gasteiger partial charge in [-0.25, -0.2) is 8.78 Å². The van der Waals surface area contributed by atoms with E-state index in [1.807, 2.05) is 13.0 Å². The van der Waals surface area contributed by atoms with Gasteiger partial charge in [0.05, 0.1) is 11.9 Å². The second-order valence-electron chi connectivity index (χ2n) is 4.61. The van der Waals surface area contributed by atoms with Crippen LogP contribution in [0.4, 0.5) is 8.78 Å². The molecule has 0 bridgehead atoms. The third kappa shape index (κ3) is 3.98. The second-order valence-corrected chi connectivity index (χ2v) is 4.61. The van der Waals surface area contributed by atoms with Gasteiger partial charge in [-0.1, -0.05) is 13.8 Å². The van der Waals surface area contributed by atoms with E-state index >= 15 is 0 Å². The number of hydrogen-bond donors (Lipinski definition) is 1. The molecule has 0 radical (unpaired) electrons. The van der Waals surface area contributed by atoms with E-state index in [4.69, 9.17) is 4.74 Å². The zero-order chi connectivity index (χ0) is 15.2. The van der Waals surface area contributed by atoms with Crippen molar-refractivity contribution in [3.63, 3.8) is 0 Å². The zero-order valence-electron chi connectivity index (χ0n) is 12.1. The van der Waals surface area contributed by atoms with Crippen LogP contribution in [0.5, 0.6) is 11.5 Å². The van der Waals surface area contributed by atoms with Crippen molar-refractivity contribution in [1.82, 2.24) is 10.3 Å². The molecule has 3 nitrogen and oxygen atoms in total. The highest BCUT2D eigenvalue weighted by atomic mass is 19.1. The Hall–Kier alpha value is -2.01. The maximum absolute atomic E-state index is 13.5. The van der Waals surface area contributed by atoms with Crippen molar-refractivity contribution < 1.29 is 13.5 Å². The fraction of sp³-hybridized carbons (Fsp3) is 0.312. The summed E-state index contributed by atoms with van der Waals surface area (Å²) >= 11 is 0. The van der Waals surface area contributed by atoms with Crippen molar-refractivity contribution in [3.8, 4) is 11.5 Å². The van der Waals surface area contributed by atoms with Crippen LogP contribution >= 0.6 is 0 Å². The molecule has 0 amide bonds. The molecule has 0 aliphatic rings. The van der Waals surface area contributed by atoms with Crippen LogP contribution < -0.4 is 10.1 Å². The lowest BCUT2D eigenvalue weighted by Gasteiger charge is -2.15. The zero-order valence-corrected chi connectivity index (χ0v) is 12.1. The lowest BCUT2D eigenvalue weighted by molar-refractivity contribution is 0.433. The number of aromatic nitrogens is 1. The van der Waals surface area contributed by atoms with Crippen molar-refractivity contribution in [2.45, 2.75) is 26.3 Å². The van der Waals surface area contributed by atoms with Gasteiger partial charge < -0.3 is 10.1 Å². The molecule has 0 aliphatic carbocycles. The van der Waals surface area contributed by atoms with E-state index in [1.165, 1.54) is 6.20 Å². The minimum absolute atomic E-state index is 0.150. The summed E-state index contributed by atoms with van der Waals surface area (Å²) in [5, 5.41) is 3.32. The molecule has 0 spiro atoms. The summed E-state index contributed by atoms with van der Waals surface area (Å²) in [7, 11) is 0. The summed E-state index contributed by atoms with van der Waals surface area (Å²) in [4.78, 5) is 4.31. The first kappa shape index (κ1) is 15.4. The van der Waals surface area contributed by atoms with Crippen LogP contribution in [0.25, 0.3) is 0 Å². The molecule has 1 aromatic carbocycles. The summed E-state index contributed by atoms with van der Waals surface area (Å²) in [6.07, 6.45) is 2.43. The van der Waals surface area contributed by atoms with Crippen LogP contribution in [-0.2, 0) is 0 Å². The van der Waals surface area contributed by atoms with Gasteiger partial charge in [-0.05, 0) is 37.2 Å². The smallest absolute Gasteiger partial charge is 0.166 e. The Balaban J connectivity index is 2.13. The maximum atomic E-state index is 13.5. The van der Waals surface area contributed by atoms with Crippen molar-refractivity contribution in [1.29, 1.82) is 0 Å². The van der Waals surface area contributed by atoms with E-state index in [-0.39, 0.29) is 11.8 Å². The molecule has 1 aromatic heterocycles. The SMILES string of the molecule is CCNC(CC)c1ccc(Oc2cc(F)ccc2F)cn1. The topological polar surface area (TPSA) is 34.1 Å². The van der Waals surface area contributed by atoms with Gasteiger partial charge in [0.2, 0.25) is 0 Å². The van der Waals surface area contributed by atoms with Gasteiger partial charge in [0.25, 0.3) is 0 Å². The van der Waals surface area contributed by atoms with E-state index in [0.717, 1.165) is 36.9 Å². The summed E-state index contributed by atoms with van der Waals surface area (Å²) in [5.74, 6) is -0.938. The fourth-order valence-electron chi connectivity index (χ4n) is 2.05. The number of halogens is 2. The Morgan fingerprint density at radius 3 is 2.62 bits per heavy atom. The van der Waals surface area contributed by atoms with Crippen LogP contribution in [-0.4, -0.2) is 11.5 Å². The van der Waals surface area contributed by atoms with Crippen LogP contribution in [0.1, 0.15) is 32.0 Å². The summed E-state index contributed by atoms with van der Waals surface area (Å²) in [5.41, 5.74) is 0.895. The monoisotopic (exact) mass is 292 g/mol. The number of pyridine rings is 1. The maximum Gasteiger partial charge on any atom is 0.166 e. The van der Waals surface area contributed by atoms with Crippen molar-refractivity contribution in [2.24, 2.45) is 0 Å². The third-order valence-electron chi connectivity index (χ3n) is 3.10. The Bertz CT molecular complexity index is 587. The number of rotatable bonds is 6. The Kier molecular flexibility index (Phi) is 5.22. The molecule has 1 unspecified atom stereocenters. The summed E-state index contributed by atoms with van der Waals surface area (Å²) < 4.78 is 31.9. The lowest BCUT2D eigenvalue weighted by Crippen LogP contribution is -2.20. The molecular formula is C16H18F2N2O. The second kappa shape index (κ2) is 7.13. The first-order valence-corrected chi connectivity index (χ1v) is 6.96. The quantitative estimate of drug-likeness (QED) is 0.866. The summed E-state index contributed by atoms with van der Waals surface area (Å²) in [6, 6.07) is 6.79. The molecule has 112 valence electrons. The van der Waals surface area contributed by atoms with E-state index < -0.39 is 11.6 Å². The van der Waals surface area contributed by atoms with Crippen LogP contribution in [0.15, 0.2) is 36.5 Å². The van der Waals surface area contributed by atoms with Crippen molar-refractivity contribution >= 4 is 0 Å². The molecule has 2 aromatic rings. The van der Waals surface area contributed by atoms with Gasteiger partial charge in [-0.3, -0.25) is 4.98 Å². The van der Waals surface area contributed by atoms with E-state index in [1.54, 1.807) is 6.07 Å². The van der Waals surface area contributed by atoms with E-state index in [0.29, 0.717) is 5.75 Å². The highest BCUT2D eigenvalue weighted by molar-refractivity contribution is 5.31. The van der Waals surface area contributed by atoms with Gasteiger partial charge in [-0.15, -0.1) is 0 Å². The average molecular weight is 292 g/mol. The average Bonchev–Trinajstić information content (AvgIpc) is 2.49. The molecule has 0 saturated heterocycles. The Morgan fingerprint density at radius 1 is 1.19 bits per heavy atom. The number of ether oxygens (including phenoxy) is 1. The van der Waals surface area contributed by atoms with E-state index in [2.05, 4.69) is 17.2 Å². The minimum atomic E-state index is -0.612. The first-order valence-electron chi connectivity index (χ1n) is 6.96. The molecule has 0 fully saturated rings. The minimum Gasteiger partial charge on any atom is -0.453 e. The van der Waals surface area contributed by atoms with Gasteiger partial charge >= 0.3 is 0 Å². The highest BCUT2D eigenvalue weighted by Gasteiger charge is 2.10. The predicted octanol–water partition coefficient (Wildman–Crippen LogP) is 4.21. The standard InChI is InChI=1S/C16H18F2N2O/c1-3-14(19-4-2)15-8-6-12(10-20-15)21-16-9-11(17)5-7-13(16)18/h5-10,14,19H,3-4H2,1-2H3. The molecule has 1 heterocycles. The molecule has 1 atom stereocenters. The summed E-state index contributed by atoms with van der Waals surface area (Å²) in [6.45, 7) is 4.96. The molecular weight excluding hydrogens is 274 g/mol. The highest BCUT2D eigenvalue weighted by Crippen LogP contribution is 2.25. The van der Waals surface area contributed by atoms with Crippen molar-refractivity contribution in [3.05, 3.63) is 53.9 Å². The van der Waals surface area contributed by atoms with Gasteiger partial charge in [-0.2, -0.15) is 0 Å². The molecule has 0 saturated carbocycles. The first-order chi connectivity index (χ1) is 10.1. The number of nitrogens with zero attached hydrogens (tertiary/aromatic N) is 1. The van der Waals surface area contributed by atoms with Crippen LogP contribution in [0.2, 0.25) is 0 Å². The van der Waals surface area contributed by atoms with Gasteiger partial charge in [0.1, 0.15) is 11.6 Å². The largest absolute Gasteiger partial charge is 0.453 e.